The average molecular weight is 420 g/mol. The molecule has 30 heavy (non-hydrogen) atoms. The van der Waals surface area contributed by atoms with E-state index in [9.17, 15) is 18.0 Å². The number of aromatic nitrogens is 2. The van der Waals surface area contributed by atoms with Crippen LogP contribution in [0.15, 0.2) is 53.2 Å². The maximum atomic E-state index is 12.9. The number of benzene rings is 1. The fourth-order valence-electron chi connectivity index (χ4n) is 2.99. The van der Waals surface area contributed by atoms with Crippen LogP contribution in [-0.4, -0.2) is 40.2 Å². The summed E-state index contributed by atoms with van der Waals surface area (Å²) in [4.78, 5) is 14.7. The molecule has 1 aromatic carbocycles. The lowest BCUT2D eigenvalue weighted by molar-refractivity contribution is -0.137. The zero-order valence-electron chi connectivity index (χ0n) is 16.7. The van der Waals surface area contributed by atoms with Gasteiger partial charge in [0.2, 0.25) is 0 Å². The highest BCUT2D eigenvalue weighted by Gasteiger charge is 2.30. The highest BCUT2D eigenvalue weighted by molar-refractivity contribution is 6.02. The van der Waals surface area contributed by atoms with Crippen LogP contribution >= 0.6 is 0 Å². The van der Waals surface area contributed by atoms with Gasteiger partial charge in [-0.2, -0.15) is 18.3 Å². The summed E-state index contributed by atoms with van der Waals surface area (Å²) in [6, 6.07) is 7.66. The van der Waals surface area contributed by atoms with E-state index in [2.05, 4.69) is 29.2 Å². The molecule has 1 N–H and O–H groups in total. The summed E-state index contributed by atoms with van der Waals surface area (Å²) in [5.41, 5.74) is -0.0239. The molecule has 0 unspecified atom stereocenters. The van der Waals surface area contributed by atoms with E-state index in [-0.39, 0.29) is 17.1 Å². The molecule has 1 amide bonds. The zero-order valence-corrected chi connectivity index (χ0v) is 16.7. The number of likely N-dealkylation sites (N-methyl/N-ethyl adjacent to an activating group) is 1. The average Bonchev–Trinajstić information content (AvgIpc) is 3.38. The molecule has 0 aliphatic rings. The monoisotopic (exact) mass is 420 g/mol. The van der Waals surface area contributed by atoms with Gasteiger partial charge in [-0.1, -0.05) is 26.0 Å². The van der Waals surface area contributed by atoms with Crippen LogP contribution in [0.2, 0.25) is 0 Å². The van der Waals surface area contributed by atoms with Crippen LogP contribution in [0, 0.1) is 0 Å². The van der Waals surface area contributed by atoms with Gasteiger partial charge in [-0.15, -0.1) is 0 Å². The minimum Gasteiger partial charge on any atom is -0.451 e. The zero-order chi connectivity index (χ0) is 21.7. The van der Waals surface area contributed by atoms with Crippen LogP contribution in [0.25, 0.3) is 11.3 Å². The lowest BCUT2D eigenvalue weighted by Gasteiger charge is -2.17. The minimum absolute atomic E-state index is 0.00157. The van der Waals surface area contributed by atoms with Crippen LogP contribution in [0.4, 0.5) is 18.9 Å². The Balaban J connectivity index is 1.65. The van der Waals surface area contributed by atoms with Gasteiger partial charge in [0.1, 0.15) is 5.76 Å². The molecule has 0 saturated carbocycles. The summed E-state index contributed by atoms with van der Waals surface area (Å²) in [5, 5.41) is 6.91. The molecule has 2 aromatic heterocycles. The van der Waals surface area contributed by atoms with E-state index in [4.69, 9.17) is 4.42 Å². The Labute approximate surface area is 172 Å². The van der Waals surface area contributed by atoms with Crippen LogP contribution in [-0.2, 0) is 12.7 Å². The van der Waals surface area contributed by atoms with Crippen LogP contribution in [0.1, 0.15) is 30.0 Å². The number of furan rings is 1. The van der Waals surface area contributed by atoms with Crippen molar-refractivity contribution in [1.29, 1.82) is 0 Å². The molecule has 2 heterocycles. The maximum absolute atomic E-state index is 12.9. The molecule has 0 fully saturated rings. The van der Waals surface area contributed by atoms with E-state index in [1.807, 2.05) is 0 Å². The van der Waals surface area contributed by atoms with Gasteiger partial charge in [0.25, 0.3) is 5.91 Å². The summed E-state index contributed by atoms with van der Waals surface area (Å²) in [7, 11) is 0. The topological polar surface area (TPSA) is 63.3 Å². The highest BCUT2D eigenvalue weighted by Crippen LogP contribution is 2.32. The molecular formula is C21H23F3N4O2. The predicted octanol–water partition coefficient (Wildman–Crippen LogP) is 4.76. The quantitative estimate of drug-likeness (QED) is 0.571. The maximum Gasteiger partial charge on any atom is 0.416 e. The molecule has 0 bridgehead atoms. The second-order valence-electron chi connectivity index (χ2n) is 6.72. The van der Waals surface area contributed by atoms with Crippen molar-refractivity contribution in [3.05, 3.63) is 60.1 Å². The Morgan fingerprint density at radius 1 is 1.20 bits per heavy atom. The molecule has 3 aromatic rings. The molecule has 0 spiro atoms. The third kappa shape index (κ3) is 5.29. The molecule has 0 aliphatic carbocycles. The van der Waals surface area contributed by atoms with E-state index in [1.165, 1.54) is 30.5 Å². The van der Waals surface area contributed by atoms with Crippen molar-refractivity contribution in [1.82, 2.24) is 14.7 Å². The Morgan fingerprint density at radius 2 is 1.97 bits per heavy atom. The Morgan fingerprint density at radius 3 is 2.67 bits per heavy atom. The first kappa shape index (κ1) is 21.6. The fourth-order valence-corrected chi connectivity index (χ4v) is 2.99. The standard InChI is InChI=1S/C21H23F3N4O2/c1-3-27(4-2)10-11-28-14-17(13-25-28)26-20(29)19-9-8-18(30-19)15-6-5-7-16(12-15)21(22,23)24/h5-9,12-14H,3-4,10-11H2,1-2H3,(H,26,29). The third-order valence-electron chi connectivity index (χ3n) is 4.74. The number of hydrogen-bond donors (Lipinski definition) is 1. The van der Waals surface area contributed by atoms with E-state index < -0.39 is 17.6 Å². The van der Waals surface area contributed by atoms with Crippen LogP contribution in [0.3, 0.4) is 0 Å². The SMILES string of the molecule is CCN(CC)CCn1cc(NC(=O)c2ccc(-c3cccc(C(F)(F)F)c3)o2)cn1. The molecule has 9 heteroatoms. The highest BCUT2D eigenvalue weighted by atomic mass is 19.4. The van der Waals surface area contributed by atoms with Crippen molar-refractivity contribution in [2.75, 3.05) is 25.0 Å². The lowest BCUT2D eigenvalue weighted by Crippen LogP contribution is -2.27. The molecule has 160 valence electrons. The van der Waals surface area contributed by atoms with Gasteiger partial charge in [0, 0.05) is 18.3 Å². The van der Waals surface area contributed by atoms with Crippen molar-refractivity contribution < 1.29 is 22.4 Å². The van der Waals surface area contributed by atoms with Crippen molar-refractivity contribution in [3.8, 4) is 11.3 Å². The number of nitrogens with one attached hydrogen (secondary N) is 1. The van der Waals surface area contributed by atoms with E-state index in [0.717, 1.165) is 31.8 Å². The number of nitrogens with zero attached hydrogens (tertiary/aromatic N) is 3. The number of carbonyl (C=O) groups excluding carboxylic acids is 1. The van der Waals surface area contributed by atoms with Gasteiger partial charge in [0.05, 0.1) is 24.0 Å². The number of anilines is 1. The van der Waals surface area contributed by atoms with E-state index >= 15 is 0 Å². The summed E-state index contributed by atoms with van der Waals surface area (Å²) in [6.45, 7) is 7.63. The molecule has 0 saturated heterocycles. The smallest absolute Gasteiger partial charge is 0.416 e. The minimum atomic E-state index is -4.45. The summed E-state index contributed by atoms with van der Waals surface area (Å²) in [6.07, 6.45) is -1.19. The van der Waals surface area contributed by atoms with Gasteiger partial charge in [0.15, 0.2) is 5.76 Å². The summed E-state index contributed by atoms with van der Waals surface area (Å²) in [5.74, 6) is -0.323. The van der Waals surface area contributed by atoms with Crippen molar-refractivity contribution in [2.24, 2.45) is 0 Å². The van der Waals surface area contributed by atoms with Crippen LogP contribution < -0.4 is 5.32 Å². The van der Waals surface area contributed by atoms with Gasteiger partial charge < -0.3 is 14.6 Å². The summed E-state index contributed by atoms with van der Waals surface area (Å²) >= 11 is 0. The molecule has 0 radical (unpaired) electrons. The van der Waals surface area contributed by atoms with Gasteiger partial charge in [-0.05, 0) is 37.4 Å². The Kier molecular flexibility index (Phi) is 6.61. The van der Waals surface area contributed by atoms with Crippen molar-refractivity contribution in [2.45, 2.75) is 26.6 Å². The summed E-state index contributed by atoms with van der Waals surface area (Å²) < 4.78 is 45.9. The first-order valence-electron chi connectivity index (χ1n) is 9.63. The van der Waals surface area contributed by atoms with Crippen molar-refractivity contribution >= 4 is 11.6 Å². The molecule has 3 rings (SSSR count). The number of hydrogen-bond acceptors (Lipinski definition) is 4. The normalized spacial score (nSPS) is 11.8. The Bertz CT molecular complexity index is 990. The number of halogens is 3. The second kappa shape index (κ2) is 9.17. The number of amides is 1. The first-order chi connectivity index (χ1) is 14.3. The number of carbonyl (C=O) groups is 1. The molecular weight excluding hydrogens is 397 g/mol. The Hall–Kier alpha value is -3.07. The fraction of sp³-hybridized carbons (Fsp3) is 0.333. The van der Waals surface area contributed by atoms with Gasteiger partial charge in [-0.25, -0.2) is 0 Å². The molecule has 6 nitrogen and oxygen atoms in total. The second-order valence-corrected chi connectivity index (χ2v) is 6.72. The molecule has 0 atom stereocenters. The predicted molar refractivity (Wildman–Crippen MR) is 107 cm³/mol. The molecule has 0 aliphatic heterocycles. The third-order valence-corrected chi connectivity index (χ3v) is 4.74. The largest absolute Gasteiger partial charge is 0.451 e. The van der Waals surface area contributed by atoms with Crippen LogP contribution in [0.5, 0.6) is 0 Å². The lowest BCUT2D eigenvalue weighted by atomic mass is 10.1. The first-order valence-corrected chi connectivity index (χ1v) is 9.63. The van der Waals surface area contributed by atoms with Gasteiger partial charge >= 0.3 is 6.18 Å². The van der Waals surface area contributed by atoms with Gasteiger partial charge in [-0.3, -0.25) is 9.48 Å². The van der Waals surface area contributed by atoms with E-state index in [0.29, 0.717) is 12.2 Å². The van der Waals surface area contributed by atoms with E-state index in [1.54, 1.807) is 10.9 Å². The number of alkyl halides is 3. The van der Waals surface area contributed by atoms with Crippen molar-refractivity contribution in [3.63, 3.8) is 0 Å². The number of rotatable bonds is 8.